The number of likely N-dealkylation sites (N-methyl/N-ethyl adjacent to an activating group) is 1. The van der Waals surface area contributed by atoms with Crippen LogP contribution in [0.4, 0.5) is 0 Å². The van der Waals surface area contributed by atoms with Gasteiger partial charge in [0.2, 0.25) is 0 Å². The van der Waals surface area contributed by atoms with E-state index < -0.39 is 17.4 Å². The monoisotopic (exact) mass is 288 g/mol. The van der Waals surface area contributed by atoms with Gasteiger partial charge in [-0.3, -0.25) is 4.79 Å². The summed E-state index contributed by atoms with van der Waals surface area (Å²) in [5.41, 5.74) is -0.513. The molecule has 0 spiro atoms. The van der Waals surface area contributed by atoms with E-state index in [4.69, 9.17) is 5.11 Å². The third-order valence-electron chi connectivity index (χ3n) is 3.36. The first-order valence-corrected chi connectivity index (χ1v) is 6.33. The van der Waals surface area contributed by atoms with Crippen molar-refractivity contribution in [3.8, 4) is 5.69 Å². The summed E-state index contributed by atoms with van der Waals surface area (Å²) in [6, 6.07) is 9.14. The van der Waals surface area contributed by atoms with Gasteiger partial charge < -0.3 is 10.0 Å². The van der Waals surface area contributed by atoms with Crippen LogP contribution in [0.1, 0.15) is 24.3 Å². The van der Waals surface area contributed by atoms with Gasteiger partial charge in [0.05, 0.1) is 11.9 Å². The fraction of sp³-hybridized carbons (Fsp3) is 0.286. The predicted octanol–water partition coefficient (Wildman–Crippen LogP) is 1.20. The number of aromatic nitrogens is 3. The molecule has 110 valence electrons. The van der Waals surface area contributed by atoms with Crippen LogP contribution in [0.2, 0.25) is 0 Å². The standard InChI is InChI=1S/C14H16N4O3/c1-14(2,13(20)21)17(3)12(19)11-9-15-18(16-11)10-7-5-4-6-8-10/h4-9H,1-3H3,(H,20,21). The highest BCUT2D eigenvalue weighted by Crippen LogP contribution is 2.15. The lowest BCUT2D eigenvalue weighted by Gasteiger charge is -2.30. The third-order valence-corrected chi connectivity index (χ3v) is 3.36. The minimum atomic E-state index is -1.33. The summed E-state index contributed by atoms with van der Waals surface area (Å²) in [4.78, 5) is 25.9. The first-order valence-electron chi connectivity index (χ1n) is 6.33. The van der Waals surface area contributed by atoms with Crippen LogP contribution in [0.5, 0.6) is 0 Å². The van der Waals surface area contributed by atoms with Crippen molar-refractivity contribution in [2.45, 2.75) is 19.4 Å². The zero-order valence-corrected chi connectivity index (χ0v) is 12.0. The number of nitrogens with zero attached hydrogens (tertiary/aromatic N) is 4. The van der Waals surface area contributed by atoms with Crippen molar-refractivity contribution in [3.63, 3.8) is 0 Å². The molecule has 0 fully saturated rings. The molecule has 1 N–H and O–H groups in total. The number of carboxylic acids is 1. The van der Waals surface area contributed by atoms with Gasteiger partial charge >= 0.3 is 5.97 Å². The average Bonchev–Trinajstić information content (AvgIpc) is 2.96. The van der Waals surface area contributed by atoms with Crippen LogP contribution in [0, 0.1) is 0 Å². The van der Waals surface area contributed by atoms with E-state index in [2.05, 4.69) is 10.2 Å². The molecule has 0 saturated heterocycles. The molecule has 0 aliphatic rings. The van der Waals surface area contributed by atoms with Crippen LogP contribution in [-0.2, 0) is 4.79 Å². The molecule has 0 atom stereocenters. The molecule has 1 aromatic heterocycles. The number of para-hydroxylation sites is 1. The second kappa shape index (κ2) is 5.35. The van der Waals surface area contributed by atoms with Crippen LogP contribution in [0.15, 0.2) is 36.5 Å². The number of carbonyl (C=O) groups excluding carboxylic acids is 1. The largest absolute Gasteiger partial charge is 0.480 e. The second-order valence-corrected chi connectivity index (χ2v) is 5.08. The molecule has 0 radical (unpaired) electrons. The highest BCUT2D eigenvalue weighted by atomic mass is 16.4. The van der Waals surface area contributed by atoms with Crippen LogP contribution in [0.3, 0.4) is 0 Å². The smallest absolute Gasteiger partial charge is 0.329 e. The topological polar surface area (TPSA) is 88.3 Å². The van der Waals surface area contributed by atoms with E-state index in [0.29, 0.717) is 0 Å². The van der Waals surface area contributed by atoms with Crippen molar-refractivity contribution in [1.29, 1.82) is 0 Å². The fourth-order valence-corrected chi connectivity index (χ4v) is 1.62. The molecule has 7 nitrogen and oxygen atoms in total. The number of benzene rings is 1. The van der Waals surface area contributed by atoms with E-state index in [9.17, 15) is 9.59 Å². The van der Waals surface area contributed by atoms with Gasteiger partial charge in [-0.05, 0) is 26.0 Å². The normalized spacial score (nSPS) is 11.2. The van der Waals surface area contributed by atoms with Crippen LogP contribution in [-0.4, -0.2) is 49.5 Å². The van der Waals surface area contributed by atoms with Crippen LogP contribution >= 0.6 is 0 Å². The maximum absolute atomic E-state index is 12.3. The van der Waals surface area contributed by atoms with E-state index in [1.807, 2.05) is 18.2 Å². The molecule has 1 amide bonds. The lowest BCUT2D eigenvalue weighted by atomic mass is 10.0. The van der Waals surface area contributed by atoms with E-state index >= 15 is 0 Å². The lowest BCUT2D eigenvalue weighted by Crippen LogP contribution is -2.50. The third kappa shape index (κ3) is 2.76. The van der Waals surface area contributed by atoms with Gasteiger partial charge in [0, 0.05) is 7.05 Å². The molecular weight excluding hydrogens is 272 g/mol. The fourth-order valence-electron chi connectivity index (χ4n) is 1.62. The highest BCUT2D eigenvalue weighted by Gasteiger charge is 2.36. The Morgan fingerprint density at radius 2 is 1.86 bits per heavy atom. The quantitative estimate of drug-likeness (QED) is 0.913. The van der Waals surface area contributed by atoms with E-state index in [1.54, 1.807) is 12.1 Å². The van der Waals surface area contributed by atoms with Crippen LogP contribution < -0.4 is 0 Å². The molecule has 21 heavy (non-hydrogen) atoms. The first-order chi connectivity index (χ1) is 9.84. The molecule has 1 heterocycles. The Labute approximate surface area is 121 Å². The van der Waals surface area contributed by atoms with E-state index in [1.165, 1.54) is 31.9 Å². The molecule has 1 aromatic carbocycles. The van der Waals surface area contributed by atoms with Gasteiger partial charge in [-0.1, -0.05) is 18.2 Å². The molecule has 7 heteroatoms. The highest BCUT2D eigenvalue weighted by molar-refractivity contribution is 5.95. The number of hydrogen-bond acceptors (Lipinski definition) is 4. The average molecular weight is 288 g/mol. The Bertz CT molecular complexity index is 664. The van der Waals surface area contributed by atoms with Crippen molar-refractivity contribution in [2.75, 3.05) is 7.05 Å². The predicted molar refractivity (Wildman–Crippen MR) is 75.2 cm³/mol. The Hall–Kier alpha value is -2.70. The Kier molecular flexibility index (Phi) is 3.75. The molecule has 0 bridgehead atoms. The molecule has 0 unspecified atom stereocenters. The van der Waals surface area contributed by atoms with Gasteiger partial charge in [0.15, 0.2) is 5.69 Å². The number of carboxylic acid groups (broad SMARTS) is 1. The second-order valence-electron chi connectivity index (χ2n) is 5.08. The summed E-state index contributed by atoms with van der Waals surface area (Å²) in [5.74, 6) is -1.58. The molecule has 0 saturated carbocycles. The maximum atomic E-state index is 12.3. The van der Waals surface area contributed by atoms with Gasteiger partial charge in [-0.15, -0.1) is 5.10 Å². The summed E-state index contributed by atoms with van der Waals surface area (Å²) in [6.45, 7) is 2.91. The van der Waals surface area contributed by atoms with Crippen molar-refractivity contribution in [3.05, 3.63) is 42.2 Å². The minimum Gasteiger partial charge on any atom is -0.480 e. The molecule has 0 aliphatic heterocycles. The summed E-state index contributed by atoms with van der Waals surface area (Å²) >= 11 is 0. The Morgan fingerprint density at radius 3 is 2.43 bits per heavy atom. The number of amides is 1. The van der Waals surface area contributed by atoms with E-state index in [0.717, 1.165) is 10.6 Å². The number of hydrogen-bond donors (Lipinski definition) is 1. The maximum Gasteiger partial charge on any atom is 0.329 e. The van der Waals surface area contributed by atoms with Gasteiger partial charge in [-0.25, -0.2) is 4.79 Å². The van der Waals surface area contributed by atoms with Gasteiger partial charge in [0.25, 0.3) is 5.91 Å². The zero-order chi connectivity index (χ0) is 15.6. The zero-order valence-electron chi connectivity index (χ0n) is 12.0. The van der Waals surface area contributed by atoms with Crippen molar-refractivity contribution < 1.29 is 14.7 Å². The summed E-state index contributed by atoms with van der Waals surface area (Å²) in [6.07, 6.45) is 1.32. The molecule has 0 aliphatic carbocycles. The molecule has 2 rings (SSSR count). The van der Waals surface area contributed by atoms with E-state index in [-0.39, 0.29) is 5.69 Å². The molecule has 2 aromatic rings. The Balaban J connectivity index is 2.26. The van der Waals surface area contributed by atoms with Crippen molar-refractivity contribution in [2.24, 2.45) is 0 Å². The summed E-state index contributed by atoms with van der Waals surface area (Å²) in [7, 11) is 1.43. The van der Waals surface area contributed by atoms with Crippen molar-refractivity contribution in [1.82, 2.24) is 19.9 Å². The van der Waals surface area contributed by atoms with Gasteiger partial charge in [0.1, 0.15) is 5.54 Å². The number of rotatable bonds is 4. The van der Waals surface area contributed by atoms with Crippen LogP contribution in [0.25, 0.3) is 5.69 Å². The van der Waals surface area contributed by atoms with Crippen molar-refractivity contribution >= 4 is 11.9 Å². The number of aliphatic carboxylic acids is 1. The lowest BCUT2D eigenvalue weighted by molar-refractivity contribution is -0.147. The summed E-state index contributed by atoms with van der Waals surface area (Å²) in [5, 5.41) is 17.3. The molecular formula is C14H16N4O3. The van der Waals surface area contributed by atoms with Gasteiger partial charge in [-0.2, -0.15) is 9.90 Å². The number of carbonyl (C=O) groups is 2. The first kappa shape index (κ1) is 14.7. The Morgan fingerprint density at radius 1 is 1.24 bits per heavy atom. The minimum absolute atomic E-state index is 0.0932. The summed E-state index contributed by atoms with van der Waals surface area (Å²) < 4.78 is 0. The SMILES string of the molecule is CN(C(=O)c1cnn(-c2ccccc2)n1)C(C)(C)C(=O)O.